The summed E-state index contributed by atoms with van der Waals surface area (Å²) in [6, 6.07) is 2.10. The van der Waals surface area contributed by atoms with Gasteiger partial charge in [0.1, 0.15) is 0 Å². The lowest BCUT2D eigenvalue weighted by Gasteiger charge is -2.25. The number of hydrogen-bond donors (Lipinski definition) is 1. The lowest BCUT2D eigenvalue weighted by atomic mass is 10.1. The molecule has 1 aliphatic heterocycles. The molecule has 1 heterocycles. The van der Waals surface area contributed by atoms with Crippen molar-refractivity contribution in [2.45, 2.75) is 58.2 Å². The fourth-order valence-electron chi connectivity index (χ4n) is 2.14. The van der Waals surface area contributed by atoms with E-state index in [1.807, 2.05) is 0 Å². The standard InChI is InChI=1S/C11H24N2/c1-9(2)12-11-6-5-7-13(4)10(3)8-11/h9-12H,5-8H2,1-4H3. The number of likely N-dealkylation sites (tertiary alicyclic amines) is 1. The van der Waals surface area contributed by atoms with E-state index >= 15 is 0 Å². The summed E-state index contributed by atoms with van der Waals surface area (Å²) in [7, 11) is 2.24. The normalized spacial score (nSPS) is 32.1. The Bertz CT molecular complexity index is 145. The van der Waals surface area contributed by atoms with E-state index in [1.54, 1.807) is 0 Å². The highest BCUT2D eigenvalue weighted by Gasteiger charge is 2.20. The summed E-state index contributed by atoms with van der Waals surface area (Å²) in [5.41, 5.74) is 0. The number of nitrogens with one attached hydrogen (secondary N) is 1. The molecular weight excluding hydrogens is 160 g/mol. The predicted molar refractivity (Wildman–Crippen MR) is 58.0 cm³/mol. The van der Waals surface area contributed by atoms with Gasteiger partial charge in [0.05, 0.1) is 0 Å². The third kappa shape index (κ3) is 3.65. The molecule has 0 bridgehead atoms. The van der Waals surface area contributed by atoms with E-state index in [0.717, 1.165) is 12.1 Å². The highest BCUT2D eigenvalue weighted by Crippen LogP contribution is 2.15. The largest absolute Gasteiger partial charge is 0.312 e. The first-order valence-electron chi connectivity index (χ1n) is 5.56. The Balaban J connectivity index is 2.39. The minimum Gasteiger partial charge on any atom is -0.312 e. The summed E-state index contributed by atoms with van der Waals surface area (Å²) in [4.78, 5) is 2.47. The molecule has 2 nitrogen and oxygen atoms in total. The van der Waals surface area contributed by atoms with Crippen molar-refractivity contribution in [2.24, 2.45) is 0 Å². The van der Waals surface area contributed by atoms with Gasteiger partial charge in [-0.1, -0.05) is 13.8 Å². The first-order valence-corrected chi connectivity index (χ1v) is 5.56. The van der Waals surface area contributed by atoms with Crippen LogP contribution in [0.5, 0.6) is 0 Å². The Morgan fingerprint density at radius 1 is 1.38 bits per heavy atom. The molecule has 78 valence electrons. The van der Waals surface area contributed by atoms with E-state index in [1.165, 1.54) is 25.8 Å². The van der Waals surface area contributed by atoms with Gasteiger partial charge in [-0.25, -0.2) is 0 Å². The SMILES string of the molecule is CC(C)NC1CCCN(C)C(C)C1. The highest BCUT2D eigenvalue weighted by atomic mass is 15.1. The third-order valence-electron chi connectivity index (χ3n) is 3.01. The highest BCUT2D eigenvalue weighted by molar-refractivity contribution is 4.79. The Labute approximate surface area is 82.7 Å². The van der Waals surface area contributed by atoms with E-state index in [0.29, 0.717) is 6.04 Å². The van der Waals surface area contributed by atoms with Crippen molar-refractivity contribution < 1.29 is 0 Å². The maximum Gasteiger partial charge on any atom is 0.00846 e. The molecule has 1 rings (SSSR count). The molecule has 0 saturated carbocycles. The molecule has 0 radical (unpaired) electrons. The van der Waals surface area contributed by atoms with Gasteiger partial charge in [-0.05, 0) is 39.8 Å². The molecule has 13 heavy (non-hydrogen) atoms. The van der Waals surface area contributed by atoms with Gasteiger partial charge in [0.25, 0.3) is 0 Å². The van der Waals surface area contributed by atoms with Crippen LogP contribution in [-0.2, 0) is 0 Å². The van der Waals surface area contributed by atoms with Crippen molar-refractivity contribution in [3.63, 3.8) is 0 Å². The van der Waals surface area contributed by atoms with Crippen molar-refractivity contribution in [3.05, 3.63) is 0 Å². The molecular formula is C11H24N2. The first-order chi connectivity index (χ1) is 6.09. The number of rotatable bonds is 2. The van der Waals surface area contributed by atoms with E-state index < -0.39 is 0 Å². The molecule has 1 fully saturated rings. The zero-order valence-corrected chi connectivity index (χ0v) is 9.51. The number of nitrogens with zero attached hydrogens (tertiary/aromatic N) is 1. The maximum absolute atomic E-state index is 3.65. The summed E-state index contributed by atoms with van der Waals surface area (Å²) in [6.07, 6.45) is 3.98. The fourth-order valence-corrected chi connectivity index (χ4v) is 2.14. The van der Waals surface area contributed by atoms with Crippen LogP contribution in [0.2, 0.25) is 0 Å². The van der Waals surface area contributed by atoms with Gasteiger partial charge >= 0.3 is 0 Å². The minimum absolute atomic E-state index is 0.626. The molecule has 0 aromatic heterocycles. The van der Waals surface area contributed by atoms with Crippen molar-refractivity contribution in [1.82, 2.24) is 10.2 Å². The summed E-state index contributed by atoms with van der Waals surface area (Å²) in [6.45, 7) is 8.07. The van der Waals surface area contributed by atoms with E-state index in [9.17, 15) is 0 Å². The Morgan fingerprint density at radius 2 is 2.08 bits per heavy atom. The van der Waals surface area contributed by atoms with E-state index in [4.69, 9.17) is 0 Å². The van der Waals surface area contributed by atoms with Crippen LogP contribution in [0, 0.1) is 0 Å². The minimum atomic E-state index is 0.626. The maximum atomic E-state index is 3.65. The molecule has 2 atom stereocenters. The molecule has 0 aromatic carbocycles. The molecule has 0 spiro atoms. The number of hydrogen-bond acceptors (Lipinski definition) is 2. The summed E-state index contributed by atoms with van der Waals surface area (Å²) < 4.78 is 0. The van der Waals surface area contributed by atoms with Gasteiger partial charge in [-0.15, -0.1) is 0 Å². The van der Waals surface area contributed by atoms with Crippen LogP contribution in [0.4, 0.5) is 0 Å². The summed E-state index contributed by atoms with van der Waals surface area (Å²) >= 11 is 0. The quantitative estimate of drug-likeness (QED) is 0.704. The Morgan fingerprint density at radius 3 is 2.69 bits per heavy atom. The van der Waals surface area contributed by atoms with Gasteiger partial charge in [-0.3, -0.25) is 0 Å². The van der Waals surface area contributed by atoms with Gasteiger partial charge in [0, 0.05) is 18.1 Å². The van der Waals surface area contributed by atoms with Crippen molar-refractivity contribution >= 4 is 0 Å². The molecule has 2 unspecified atom stereocenters. The zero-order valence-electron chi connectivity index (χ0n) is 9.51. The average molecular weight is 184 g/mol. The lowest BCUT2D eigenvalue weighted by molar-refractivity contribution is 0.254. The molecule has 1 aliphatic rings. The van der Waals surface area contributed by atoms with Crippen LogP contribution < -0.4 is 5.32 Å². The molecule has 0 amide bonds. The van der Waals surface area contributed by atoms with Crippen molar-refractivity contribution in [2.75, 3.05) is 13.6 Å². The van der Waals surface area contributed by atoms with Crippen molar-refractivity contribution in [1.29, 1.82) is 0 Å². The molecule has 0 aromatic rings. The molecule has 0 aliphatic carbocycles. The summed E-state index contributed by atoms with van der Waals surface area (Å²) in [5, 5.41) is 3.65. The molecule has 1 N–H and O–H groups in total. The first kappa shape index (κ1) is 11.0. The molecule has 2 heteroatoms. The zero-order chi connectivity index (χ0) is 9.84. The van der Waals surface area contributed by atoms with Gasteiger partial charge in [0.15, 0.2) is 0 Å². The van der Waals surface area contributed by atoms with Gasteiger partial charge < -0.3 is 10.2 Å². The second-order valence-electron chi connectivity index (χ2n) is 4.73. The Hall–Kier alpha value is -0.0800. The van der Waals surface area contributed by atoms with Crippen LogP contribution >= 0.6 is 0 Å². The average Bonchev–Trinajstić information content (AvgIpc) is 2.14. The predicted octanol–water partition coefficient (Wildman–Crippen LogP) is 1.86. The van der Waals surface area contributed by atoms with Crippen LogP contribution in [-0.4, -0.2) is 36.6 Å². The summed E-state index contributed by atoms with van der Waals surface area (Å²) in [5.74, 6) is 0. The second-order valence-corrected chi connectivity index (χ2v) is 4.73. The monoisotopic (exact) mass is 184 g/mol. The fraction of sp³-hybridized carbons (Fsp3) is 1.00. The molecule has 1 saturated heterocycles. The van der Waals surface area contributed by atoms with E-state index in [2.05, 4.69) is 38.0 Å². The van der Waals surface area contributed by atoms with Crippen LogP contribution in [0.15, 0.2) is 0 Å². The topological polar surface area (TPSA) is 15.3 Å². The van der Waals surface area contributed by atoms with Gasteiger partial charge in [-0.2, -0.15) is 0 Å². The lowest BCUT2D eigenvalue weighted by Crippen LogP contribution is -2.38. The Kier molecular flexibility index (Phi) is 4.20. The second kappa shape index (κ2) is 4.97. The van der Waals surface area contributed by atoms with E-state index in [-0.39, 0.29) is 0 Å². The third-order valence-corrected chi connectivity index (χ3v) is 3.01. The van der Waals surface area contributed by atoms with Crippen molar-refractivity contribution in [3.8, 4) is 0 Å². The van der Waals surface area contributed by atoms with Crippen LogP contribution in [0.1, 0.15) is 40.0 Å². The van der Waals surface area contributed by atoms with Crippen LogP contribution in [0.25, 0.3) is 0 Å². The van der Waals surface area contributed by atoms with Crippen LogP contribution in [0.3, 0.4) is 0 Å². The smallest absolute Gasteiger partial charge is 0.00846 e. The van der Waals surface area contributed by atoms with Gasteiger partial charge in [0.2, 0.25) is 0 Å².